The van der Waals surface area contributed by atoms with Crippen molar-refractivity contribution >= 4 is 0 Å². The van der Waals surface area contributed by atoms with Crippen molar-refractivity contribution in [3.63, 3.8) is 0 Å². The van der Waals surface area contributed by atoms with Crippen molar-refractivity contribution in [3.8, 4) is 0 Å². The Labute approximate surface area is 79.4 Å². The topological polar surface area (TPSA) is 0 Å². The molecular weight excluding hydrogens is 637 g/mol. The van der Waals surface area contributed by atoms with Gasteiger partial charge >= 0.3 is 0 Å². The van der Waals surface area contributed by atoms with Crippen LogP contribution in [0, 0.1) is 0 Å². The Morgan fingerprint density at radius 3 is 0.500 bits per heavy atom. The van der Waals surface area contributed by atoms with E-state index in [1.165, 1.54) is 0 Å². The van der Waals surface area contributed by atoms with Crippen LogP contribution in [0.25, 0.3) is 0 Å². The van der Waals surface area contributed by atoms with Crippen LogP contribution < -0.4 is 0 Å². The molecule has 36 valence electrons. The Balaban J connectivity index is 0. The minimum atomic E-state index is 0. The van der Waals surface area contributed by atoms with Crippen LogP contribution in [0.5, 0.6) is 0 Å². The molecule has 0 aliphatic carbocycles. The third-order valence-corrected chi connectivity index (χ3v) is 0. The molecule has 0 radical (unpaired) electrons. The number of hydrogen-bond acceptors (Lipinski definition) is 0. The van der Waals surface area contributed by atoms with Gasteiger partial charge in [0, 0.05) is 80.6 Å². The molecule has 0 bridgehead atoms. The Kier molecular flexibility index (Phi) is 134. The van der Waals surface area contributed by atoms with Gasteiger partial charge in [-0.25, -0.2) is 0 Å². The summed E-state index contributed by atoms with van der Waals surface area (Å²) in [5.41, 5.74) is 0. The summed E-state index contributed by atoms with van der Waals surface area (Å²) in [6.45, 7) is 0. The SMILES string of the molecule is [Cr].[Pt].[Pt].[Pt]. The van der Waals surface area contributed by atoms with E-state index in [9.17, 15) is 0 Å². The monoisotopic (exact) mass is 637 g/mol. The van der Waals surface area contributed by atoms with Gasteiger partial charge in [0.05, 0.1) is 0 Å². The molecule has 0 aromatic carbocycles. The minimum absolute atomic E-state index is 0. The maximum atomic E-state index is 0. The molecule has 0 N–H and O–H groups in total. The van der Waals surface area contributed by atoms with Gasteiger partial charge in [-0.2, -0.15) is 0 Å². The van der Waals surface area contributed by atoms with Crippen molar-refractivity contribution in [2.24, 2.45) is 0 Å². The predicted molar refractivity (Wildman–Crippen MR) is 0 cm³/mol. The van der Waals surface area contributed by atoms with Crippen LogP contribution in [0.1, 0.15) is 0 Å². The molecule has 0 rings (SSSR count). The van der Waals surface area contributed by atoms with E-state index in [0.717, 1.165) is 0 Å². The van der Waals surface area contributed by atoms with E-state index in [4.69, 9.17) is 0 Å². The summed E-state index contributed by atoms with van der Waals surface area (Å²) in [5.74, 6) is 0. The maximum Gasteiger partial charge on any atom is 0 e. The molecule has 0 spiro atoms. The van der Waals surface area contributed by atoms with E-state index in [1.807, 2.05) is 0 Å². The first-order valence-electron chi connectivity index (χ1n) is 0. The van der Waals surface area contributed by atoms with Crippen LogP contribution in [0.15, 0.2) is 0 Å². The van der Waals surface area contributed by atoms with Gasteiger partial charge in [0.25, 0.3) is 0 Å². The zero-order valence-electron chi connectivity index (χ0n) is 1.36. The van der Waals surface area contributed by atoms with Crippen LogP contribution in [0.4, 0.5) is 0 Å². The molecule has 0 fully saturated rings. The Bertz CT molecular complexity index is 3.25. The second kappa shape index (κ2) is 17.5. The maximum absolute atomic E-state index is 0. The summed E-state index contributed by atoms with van der Waals surface area (Å²) in [7, 11) is 0. The zero-order valence-corrected chi connectivity index (χ0v) is 9.45. The molecule has 0 saturated heterocycles. The number of hydrogen-bond donors (Lipinski definition) is 0. The Hall–Kier alpha value is 2.60. The first kappa shape index (κ1) is 30.6. The smallest absolute Gasteiger partial charge is 0 e. The van der Waals surface area contributed by atoms with Gasteiger partial charge in [-0.05, 0) is 0 Å². The second-order valence-corrected chi connectivity index (χ2v) is 0. The zero-order chi connectivity index (χ0) is 0. The van der Waals surface area contributed by atoms with Crippen molar-refractivity contribution in [1.29, 1.82) is 0 Å². The van der Waals surface area contributed by atoms with Gasteiger partial charge in [0.15, 0.2) is 0 Å². The average Bonchev–Trinajstić information content (AvgIpc) is 0. The fraction of sp³-hybridized carbons (Fsp3) is 0. The van der Waals surface area contributed by atoms with Gasteiger partial charge in [-0.15, -0.1) is 0 Å². The molecule has 0 aromatic heterocycles. The van der Waals surface area contributed by atoms with Gasteiger partial charge in [-0.3, -0.25) is 0 Å². The molecule has 0 heterocycles. The summed E-state index contributed by atoms with van der Waals surface area (Å²) >= 11 is 0. The predicted octanol–water partition coefficient (Wildman–Crippen LogP) is -0.0100. The van der Waals surface area contributed by atoms with E-state index in [2.05, 4.69) is 0 Å². The van der Waals surface area contributed by atoms with Crippen LogP contribution in [-0.4, -0.2) is 0 Å². The first-order chi connectivity index (χ1) is 0. The van der Waals surface area contributed by atoms with E-state index in [-0.39, 0.29) is 80.6 Å². The summed E-state index contributed by atoms with van der Waals surface area (Å²) < 4.78 is 0. The first-order valence-corrected chi connectivity index (χ1v) is 0. The molecule has 4 heavy (non-hydrogen) atoms. The molecule has 0 atom stereocenters. The van der Waals surface area contributed by atoms with Crippen molar-refractivity contribution in [2.75, 3.05) is 0 Å². The molecule has 0 saturated carbocycles. The fourth-order valence-electron chi connectivity index (χ4n) is 0. The molecule has 0 aromatic rings. The summed E-state index contributed by atoms with van der Waals surface area (Å²) in [5, 5.41) is 0. The molecule has 0 unspecified atom stereocenters. The summed E-state index contributed by atoms with van der Waals surface area (Å²) in [4.78, 5) is 0. The van der Waals surface area contributed by atoms with Crippen molar-refractivity contribution in [1.82, 2.24) is 0 Å². The number of rotatable bonds is 0. The molecule has 4 heteroatoms. The Morgan fingerprint density at radius 1 is 0.500 bits per heavy atom. The van der Waals surface area contributed by atoms with Gasteiger partial charge < -0.3 is 0 Å². The van der Waals surface area contributed by atoms with Crippen molar-refractivity contribution in [3.05, 3.63) is 0 Å². The van der Waals surface area contributed by atoms with E-state index >= 15 is 0 Å². The van der Waals surface area contributed by atoms with Gasteiger partial charge in [0.1, 0.15) is 0 Å². The standard InChI is InChI=1S/Cr.3Pt. The molecule has 0 aliphatic heterocycles. The molecule has 0 nitrogen and oxygen atoms in total. The normalized spacial score (nSPS) is 0. The minimum Gasteiger partial charge on any atom is 0 e. The van der Waals surface area contributed by atoms with Crippen molar-refractivity contribution in [2.45, 2.75) is 0 Å². The van der Waals surface area contributed by atoms with Crippen molar-refractivity contribution < 1.29 is 80.6 Å². The fourth-order valence-corrected chi connectivity index (χ4v) is 0. The van der Waals surface area contributed by atoms with E-state index in [1.54, 1.807) is 0 Å². The van der Waals surface area contributed by atoms with Crippen LogP contribution in [-0.2, 0) is 80.6 Å². The average molecular weight is 637 g/mol. The van der Waals surface area contributed by atoms with Crippen LogP contribution in [0.2, 0.25) is 0 Å². The van der Waals surface area contributed by atoms with Gasteiger partial charge in [0.2, 0.25) is 0 Å². The third kappa shape index (κ3) is 8.82. The van der Waals surface area contributed by atoms with Crippen LogP contribution >= 0.6 is 0 Å². The third-order valence-electron chi connectivity index (χ3n) is 0. The molecule has 0 aliphatic rings. The summed E-state index contributed by atoms with van der Waals surface area (Å²) in [6.07, 6.45) is 0. The van der Waals surface area contributed by atoms with E-state index in [0.29, 0.717) is 0 Å². The van der Waals surface area contributed by atoms with E-state index < -0.39 is 0 Å². The van der Waals surface area contributed by atoms with Gasteiger partial charge in [-0.1, -0.05) is 0 Å². The molecule has 0 amide bonds. The quantitative estimate of drug-likeness (QED) is 0.351. The Morgan fingerprint density at radius 2 is 0.500 bits per heavy atom. The summed E-state index contributed by atoms with van der Waals surface area (Å²) in [6, 6.07) is 0. The van der Waals surface area contributed by atoms with Crippen LogP contribution in [0.3, 0.4) is 0 Å². The largest absolute Gasteiger partial charge is 0 e. The molecular formula is CrPt3. The second-order valence-electron chi connectivity index (χ2n) is 0.